The molecule has 2 aromatic rings. The minimum absolute atomic E-state index is 0.114. The number of nitrogens with one attached hydrogen (secondary N) is 1. The fourth-order valence-corrected chi connectivity index (χ4v) is 2.88. The van der Waals surface area contributed by atoms with E-state index in [4.69, 9.17) is 16.3 Å². The third-order valence-corrected chi connectivity index (χ3v) is 4.42. The zero-order valence-electron chi connectivity index (χ0n) is 13.9. The van der Waals surface area contributed by atoms with E-state index in [2.05, 4.69) is 21.2 Å². The topological polar surface area (TPSA) is 58.6 Å². The van der Waals surface area contributed by atoms with E-state index in [0.29, 0.717) is 22.9 Å². The van der Waals surface area contributed by atoms with Gasteiger partial charge in [0.15, 0.2) is 0 Å². The maximum absolute atomic E-state index is 12.3. The lowest BCUT2D eigenvalue weighted by Crippen LogP contribution is -2.38. The van der Waals surface area contributed by atoms with E-state index in [1.807, 2.05) is 18.2 Å². The molecule has 2 aromatic carbocycles. The summed E-state index contributed by atoms with van der Waals surface area (Å²) in [7, 11) is 3.25. The van der Waals surface area contributed by atoms with Crippen LogP contribution in [0.3, 0.4) is 0 Å². The molecule has 0 fully saturated rings. The van der Waals surface area contributed by atoms with E-state index in [1.165, 1.54) is 4.90 Å². The Hall–Kier alpha value is -2.05. The first-order valence-corrected chi connectivity index (χ1v) is 8.68. The summed E-state index contributed by atoms with van der Waals surface area (Å²) in [5.74, 6) is 0.0952. The van der Waals surface area contributed by atoms with E-state index in [-0.39, 0.29) is 18.4 Å². The van der Waals surface area contributed by atoms with Gasteiger partial charge in [-0.1, -0.05) is 39.7 Å². The van der Waals surface area contributed by atoms with Crippen LogP contribution in [-0.4, -0.2) is 37.4 Å². The number of hydrogen-bond donors (Lipinski definition) is 1. The second-order valence-electron chi connectivity index (χ2n) is 5.37. The zero-order valence-corrected chi connectivity index (χ0v) is 16.2. The van der Waals surface area contributed by atoms with Gasteiger partial charge in [0.2, 0.25) is 5.91 Å². The summed E-state index contributed by atoms with van der Waals surface area (Å²) in [5.41, 5.74) is 1.21. The number of methoxy groups -OCH3 is 1. The number of nitrogens with zero attached hydrogens (tertiary/aromatic N) is 1. The molecule has 25 heavy (non-hydrogen) atoms. The number of rotatable bonds is 6. The lowest BCUT2D eigenvalue weighted by molar-refractivity contribution is -0.129. The van der Waals surface area contributed by atoms with E-state index in [1.54, 1.807) is 38.4 Å². The Balaban J connectivity index is 1.96. The van der Waals surface area contributed by atoms with Crippen molar-refractivity contribution in [1.29, 1.82) is 0 Å². The lowest BCUT2D eigenvalue weighted by atomic mass is 10.2. The van der Waals surface area contributed by atoms with E-state index >= 15 is 0 Å². The number of amides is 2. The van der Waals surface area contributed by atoms with Crippen LogP contribution in [0.4, 0.5) is 0 Å². The van der Waals surface area contributed by atoms with Crippen molar-refractivity contribution in [2.45, 2.75) is 6.54 Å². The summed E-state index contributed by atoms with van der Waals surface area (Å²) < 4.78 is 6.21. The van der Waals surface area contributed by atoms with Gasteiger partial charge in [0, 0.05) is 23.6 Å². The van der Waals surface area contributed by atoms with Crippen molar-refractivity contribution in [3.63, 3.8) is 0 Å². The first kappa shape index (κ1) is 19.3. The molecule has 0 bridgehead atoms. The fourth-order valence-electron chi connectivity index (χ4n) is 2.25. The Kier molecular flexibility index (Phi) is 6.84. The van der Waals surface area contributed by atoms with Crippen LogP contribution in [0.1, 0.15) is 15.9 Å². The molecule has 0 saturated carbocycles. The highest BCUT2D eigenvalue weighted by Gasteiger charge is 2.15. The van der Waals surface area contributed by atoms with Crippen LogP contribution in [-0.2, 0) is 11.3 Å². The largest absolute Gasteiger partial charge is 0.496 e. The average molecular weight is 426 g/mol. The molecule has 0 radical (unpaired) electrons. The predicted molar refractivity (Wildman–Crippen MR) is 101 cm³/mol. The molecule has 2 rings (SSSR count). The van der Waals surface area contributed by atoms with E-state index < -0.39 is 0 Å². The highest BCUT2D eigenvalue weighted by Crippen LogP contribution is 2.24. The van der Waals surface area contributed by atoms with E-state index in [0.717, 1.165) is 10.0 Å². The quantitative estimate of drug-likeness (QED) is 0.770. The number of likely N-dealkylation sites (N-methyl/N-ethyl adjacent to an activating group) is 1. The van der Waals surface area contributed by atoms with Gasteiger partial charge in [0.1, 0.15) is 5.75 Å². The average Bonchev–Trinajstić information content (AvgIpc) is 2.60. The maximum atomic E-state index is 12.3. The van der Waals surface area contributed by atoms with Crippen LogP contribution in [0.15, 0.2) is 46.9 Å². The molecule has 0 aliphatic carbocycles. The van der Waals surface area contributed by atoms with Gasteiger partial charge >= 0.3 is 0 Å². The van der Waals surface area contributed by atoms with Crippen LogP contribution in [0.2, 0.25) is 5.02 Å². The molecule has 0 aliphatic rings. The Morgan fingerprint density at radius 2 is 1.96 bits per heavy atom. The second kappa shape index (κ2) is 8.87. The molecule has 0 atom stereocenters. The number of halogens is 2. The minimum Gasteiger partial charge on any atom is -0.496 e. The number of benzene rings is 2. The first-order valence-electron chi connectivity index (χ1n) is 7.51. The van der Waals surface area contributed by atoms with Crippen molar-refractivity contribution in [3.8, 4) is 5.75 Å². The molecular weight excluding hydrogens is 408 g/mol. The number of ether oxygens (including phenoxy) is 1. The number of carbonyl (C=O) groups is 2. The first-order chi connectivity index (χ1) is 11.9. The summed E-state index contributed by atoms with van der Waals surface area (Å²) in [6.45, 7) is 0.250. The van der Waals surface area contributed by atoms with Gasteiger partial charge in [-0.05, 0) is 30.3 Å². The van der Waals surface area contributed by atoms with Crippen LogP contribution in [0.5, 0.6) is 5.75 Å². The Labute approximate surface area is 160 Å². The molecule has 0 spiro atoms. The van der Waals surface area contributed by atoms with Gasteiger partial charge in [-0.15, -0.1) is 0 Å². The predicted octanol–water partition coefficient (Wildman–Crippen LogP) is 3.50. The normalized spacial score (nSPS) is 10.2. The molecule has 5 nitrogen and oxygen atoms in total. The molecule has 132 valence electrons. The molecule has 0 heterocycles. The van der Waals surface area contributed by atoms with Crippen molar-refractivity contribution in [2.24, 2.45) is 0 Å². The monoisotopic (exact) mass is 424 g/mol. The summed E-state index contributed by atoms with van der Waals surface area (Å²) in [6.07, 6.45) is 0. The zero-order chi connectivity index (χ0) is 18.4. The van der Waals surface area contributed by atoms with Crippen molar-refractivity contribution < 1.29 is 14.3 Å². The number of carbonyl (C=O) groups excluding carboxylic acids is 2. The van der Waals surface area contributed by atoms with Gasteiger partial charge in [0.25, 0.3) is 5.91 Å². The minimum atomic E-state index is -0.382. The maximum Gasteiger partial charge on any atom is 0.253 e. The SMILES string of the molecule is COc1ccc(Br)cc1CN(C)C(=O)CNC(=O)c1ccccc1Cl. The molecule has 1 N–H and O–H groups in total. The van der Waals surface area contributed by atoms with Crippen LogP contribution < -0.4 is 10.1 Å². The van der Waals surface area contributed by atoms with Crippen LogP contribution >= 0.6 is 27.5 Å². The van der Waals surface area contributed by atoms with Gasteiger partial charge in [-0.3, -0.25) is 9.59 Å². The summed E-state index contributed by atoms with van der Waals surface area (Å²) in [6, 6.07) is 12.3. The van der Waals surface area contributed by atoms with Crippen LogP contribution in [0, 0.1) is 0 Å². The Bertz CT molecular complexity index is 783. The summed E-state index contributed by atoms with van der Waals surface area (Å²) in [4.78, 5) is 25.9. The third-order valence-electron chi connectivity index (χ3n) is 3.59. The van der Waals surface area contributed by atoms with Crippen molar-refractivity contribution in [1.82, 2.24) is 10.2 Å². The third kappa shape index (κ3) is 5.21. The van der Waals surface area contributed by atoms with Crippen molar-refractivity contribution in [3.05, 3.63) is 63.1 Å². The molecule has 0 saturated heterocycles. The molecule has 0 aliphatic heterocycles. The van der Waals surface area contributed by atoms with Crippen LogP contribution in [0.25, 0.3) is 0 Å². The molecule has 2 amide bonds. The second-order valence-corrected chi connectivity index (χ2v) is 6.69. The molecule has 0 unspecified atom stereocenters. The Morgan fingerprint density at radius 1 is 1.24 bits per heavy atom. The fraction of sp³-hybridized carbons (Fsp3) is 0.222. The van der Waals surface area contributed by atoms with Crippen molar-refractivity contribution in [2.75, 3.05) is 20.7 Å². The smallest absolute Gasteiger partial charge is 0.253 e. The van der Waals surface area contributed by atoms with E-state index in [9.17, 15) is 9.59 Å². The molecule has 7 heteroatoms. The van der Waals surface area contributed by atoms with Gasteiger partial charge < -0.3 is 15.0 Å². The van der Waals surface area contributed by atoms with Gasteiger partial charge in [0.05, 0.1) is 24.2 Å². The summed E-state index contributed by atoms with van der Waals surface area (Å²) >= 11 is 9.38. The standard InChI is InChI=1S/C18H18BrClN2O3/c1-22(11-12-9-13(19)7-8-16(12)25-2)17(23)10-21-18(24)14-5-3-4-6-15(14)20/h3-9H,10-11H2,1-2H3,(H,21,24). The Morgan fingerprint density at radius 3 is 2.64 bits per heavy atom. The molecule has 0 aromatic heterocycles. The highest BCUT2D eigenvalue weighted by atomic mass is 79.9. The lowest BCUT2D eigenvalue weighted by Gasteiger charge is -2.19. The summed E-state index contributed by atoms with van der Waals surface area (Å²) in [5, 5.41) is 2.94. The number of hydrogen-bond acceptors (Lipinski definition) is 3. The van der Waals surface area contributed by atoms with Gasteiger partial charge in [-0.25, -0.2) is 0 Å². The van der Waals surface area contributed by atoms with Crippen molar-refractivity contribution >= 4 is 39.3 Å². The highest BCUT2D eigenvalue weighted by molar-refractivity contribution is 9.10. The van der Waals surface area contributed by atoms with Gasteiger partial charge in [-0.2, -0.15) is 0 Å². The molecular formula is C18H18BrClN2O3.